The van der Waals surface area contributed by atoms with Crippen LogP contribution in [-0.2, 0) is 19.4 Å². The van der Waals surface area contributed by atoms with Crippen molar-refractivity contribution in [1.82, 2.24) is 0 Å². The molecule has 0 fully saturated rings. The van der Waals surface area contributed by atoms with Gasteiger partial charge in [0.15, 0.2) is 9.84 Å². The first-order valence-electron chi connectivity index (χ1n) is 8.15. The van der Waals surface area contributed by atoms with Crippen molar-refractivity contribution < 1.29 is 17.9 Å². The first-order valence-corrected chi connectivity index (χ1v) is 13.3. The lowest BCUT2D eigenvalue weighted by atomic mass is 10.1. The van der Waals surface area contributed by atoms with Gasteiger partial charge in [-0.3, -0.25) is 4.79 Å². The number of benzene rings is 2. The lowest BCUT2D eigenvalue weighted by Crippen LogP contribution is -2.49. The summed E-state index contributed by atoms with van der Waals surface area (Å²) in [5.74, 6) is -0.486. The molecule has 4 nitrogen and oxygen atoms in total. The Morgan fingerprint density at radius 2 is 1.40 bits per heavy atom. The third kappa shape index (κ3) is 4.58. The number of hydrogen-bond donors (Lipinski definition) is 0. The van der Waals surface area contributed by atoms with Gasteiger partial charge in [0, 0.05) is 6.92 Å². The molecule has 2 rings (SSSR count). The molecule has 25 heavy (non-hydrogen) atoms. The number of hydrogen-bond acceptors (Lipinski definition) is 4. The quantitative estimate of drug-likeness (QED) is 0.564. The fourth-order valence-corrected chi connectivity index (χ4v) is 9.63. The van der Waals surface area contributed by atoms with Gasteiger partial charge in [-0.05, 0) is 17.7 Å². The van der Waals surface area contributed by atoms with Crippen LogP contribution in [-0.4, -0.2) is 27.3 Å². The van der Waals surface area contributed by atoms with Crippen LogP contribution in [0.2, 0.25) is 19.6 Å². The van der Waals surface area contributed by atoms with Crippen molar-refractivity contribution in [3.05, 3.63) is 66.2 Å². The number of carbonyl (C=O) groups excluding carboxylic acids is 1. The molecule has 0 bridgehead atoms. The zero-order chi connectivity index (χ0) is 18.7. The number of carbonyl (C=O) groups is 1. The molecule has 0 aliphatic rings. The van der Waals surface area contributed by atoms with E-state index in [0.717, 1.165) is 0 Å². The number of sulfone groups is 1. The molecule has 2 aromatic rings. The molecule has 0 saturated heterocycles. The summed E-state index contributed by atoms with van der Waals surface area (Å²) in [6.07, 6.45) is -0.824. The van der Waals surface area contributed by atoms with Crippen molar-refractivity contribution in [2.45, 2.75) is 42.4 Å². The van der Waals surface area contributed by atoms with E-state index < -0.39 is 34.9 Å². The van der Waals surface area contributed by atoms with Crippen LogP contribution in [0.4, 0.5) is 0 Å². The van der Waals surface area contributed by atoms with Gasteiger partial charge in [0.25, 0.3) is 0 Å². The second-order valence-corrected chi connectivity index (χ2v) is 14.9. The van der Waals surface area contributed by atoms with Crippen LogP contribution in [0.15, 0.2) is 65.6 Å². The van der Waals surface area contributed by atoms with Crippen LogP contribution in [0.25, 0.3) is 0 Å². The highest BCUT2D eigenvalue weighted by Crippen LogP contribution is 2.36. The van der Waals surface area contributed by atoms with Crippen LogP contribution >= 0.6 is 0 Å². The third-order valence-corrected chi connectivity index (χ3v) is 10.9. The molecule has 0 N–H and O–H groups in total. The summed E-state index contributed by atoms with van der Waals surface area (Å²) in [4.78, 5) is 11.2. The van der Waals surface area contributed by atoms with Gasteiger partial charge in [0.2, 0.25) is 0 Å². The summed E-state index contributed by atoms with van der Waals surface area (Å²) in [7, 11) is -5.95. The molecule has 0 aliphatic carbocycles. The average Bonchev–Trinajstić information content (AvgIpc) is 2.54. The maximum atomic E-state index is 13.4. The van der Waals surface area contributed by atoms with Crippen molar-refractivity contribution in [2.75, 3.05) is 0 Å². The summed E-state index contributed by atoms with van der Waals surface area (Å²) in [6.45, 7) is 7.26. The van der Waals surface area contributed by atoms with Crippen LogP contribution in [0, 0.1) is 0 Å². The molecule has 0 radical (unpaired) electrons. The molecular weight excluding hydrogens is 352 g/mol. The Bertz CT molecular complexity index is 812. The zero-order valence-electron chi connectivity index (χ0n) is 15.0. The minimum absolute atomic E-state index is 0.260. The minimum Gasteiger partial charge on any atom is -0.457 e. The van der Waals surface area contributed by atoms with Crippen LogP contribution in [0.3, 0.4) is 0 Å². The Morgan fingerprint density at radius 1 is 0.920 bits per heavy atom. The van der Waals surface area contributed by atoms with Gasteiger partial charge in [-0.1, -0.05) is 68.2 Å². The molecular formula is C19H24O4SSi. The van der Waals surface area contributed by atoms with Gasteiger partial charge < -0.3 is 4.74 Å². The molecule has 2 aromatic carbocycles. The van der Waals surface area contributed by atoms with Gasteiger partial charge in [-0.15, -0.1) is 0 Å². The SMILES string of the molecule is CC(=O)OC(c1ccccc1)C([Si](C)(C)C)S(=O)(=O)c1ccccc1. The van der Waals surface area contributed by atoms with E-state index in [2.05, 4.69) is 0 Å². The highest BCUT2D eigenvalue weighted by molar-refractivity contribution is 7.94. The van der Waals surface area contributed by atoms with Crippen molar-refractivity contribution in [1.29, 1.82) is 0 Å². The summed E-state index contributed by atoms with van der Waals surface area (Å²) in [5, 5.41) is 0. The Morgan fingerprint density at radius 3 is 1.84 bits per heavy atom. The molecule has 0 spiro atoms. The topological polar surface area (TPSA) is 60.4 Å². The minimum atomic E-state index is -3.67. The molecule has 0 aliphatic heterocycles. The van der Waals surface area contributed by atoms with E-state index in [1.165, 1.54) is 6.92 Å². The van der Waals surface area contributed by atoms with Crippen LogP contribution in [0.5, 0.6) is 0 Å². The first kappa shape index (κ1) is 19.4. The maximum absolute atomic E-state index is 13.4. The van der Waals surface area contributed by atoms with E-state index in [1.807, 2.05) is 37.8 Å². The van der Waals surface area contributed by atoms with E-state index in [9.17, 15) is 13.2 Å². The highest BCUT2D eigenvalue weighted by atomic mass is 32.2. The van der Waals surface area contributed by atoms with E-state index in [4.69, 9.17) is 4.74 Å². The molecule has 2 atom stereocenters. The molecule has 0 heterocycles. The monoisotopic (exact) mass is 376 g/mol. The number of ether oxygens (including phenoxy) is 1. The largest absolute Gasteiger partial charge is 0.457 e. The van der Waals surface area contributed by atoms with Gasteiger partial charge in [0.1, 0.15) is 6.10 Å². The lowest BCUT2D eigenvalue weighted by Gasteiger charge is -2.35. The van der Waals surface area contributed by atoms with Gasteiger partial charge in [0.05, 0.1) is 17.8 Å². The molecule has 0 amide bonds. The fraction of sp³-hybridized carbons (Fsp3) is 0.316. The Balaban J connectivity index is 2.64. The first-order chi connectivity index (χ1) is 11.6. The summed E-state index contributed by atoms with van der Waals surface area (Å²) in [5.41, 5.74) is 0.699. The molecule has 0 saturated carbocycles. The van der Waals surface area contributed by atoms with Gasteiger partial charge >= 0.3 is 5.97 Å². The van der Waals surface area contributed by atoms with Gasteiger partial charge in [-0.25, -0.2) is 8.42 Å². The molecule has 6 heteroatoms. The lowest BCUT2D eigenvalue weighted by molar-refractivity contribution is -0.146. The van der Waals surface area contributed by atoms with Crippen molar-refractivity contribution in [3.8, 4) is 0 Å². The Hall–Kier alpha value is -1.92. The normalized spacial score (nSPS) is 14.6. The summed E-state index contributed by atoms with van der Waals surface area (Å²) < 4.78 is 32.4. The van der Waals surface area contributed by atoms with Crippen molar-refractivity contribution >= 4 is 23.9 Å². The molecule has 0 aromatic heterocycles. The number of rotatable bonds is 6. The van der Waals surface area contributed by atoms with E-state index in [1.54, 1.807) is 42.5 Å². The average molecular weight is 377 g/mol. The third-order valence-electron chi connectivity index (χ3n) is 3.96. The fourth-order valence-electron chi connectivity index (χ4n) is 2.97. The predicted molar refractivity (Wildman–Crippen MR) is 102 cm³/mol. The molecule has 2 unspecified atom stereocenters. The van der Waals surface area contributed by atoms with E-state index in [-0.39, 0.29) is 4.90 Å². The van der Waals surface area contributed by atoms with Crippen LogP contribution in [0.1, 0.15) is 18.6 Å². The standard InChI is InChI=1S/C19H24O4SSi/c1-15(20)23-18(16-11-7-5-8-12-16)19(25(2,3)4)24(21,22)17-13-9-6-10-14-17/h5-14,18-19H,1-4H3. The molecule has 134 valence electrons. The summed E-state index contributed by atoms with van der Waals surface area (Å²) in [6, 6.07) is 17.5. The van der Waals surface area contributed by atoms with Crippen molar-refractivity contribution in [2.24, 2.45) is 0 Å². The second kappa shape index (κ2) is 7.54. The highest BCUT2D eigenvalue weighted by Gasteiger charge is 2.46. The zero-order valence-corrected chi connectivity index (χ0v) is 16.8. The van der Waals surface area contributed by atoms with E-state index in [0.29, 0.717) is 5.56 Å². The Labute approximate surface area is 150 Å². The smallest absolute Gasteiger partial charge is 0.303 e. The Kier molecular flexibility index (Phi) is 5.85. The maximum Gasteiger partial charge on any atom is 0.303 e. The van der Waals surface area contributed by atoms with Crippen LogP contribution < -0.4 is 0 Å². The van der Waals surface area contributed by atoms with E-state index >= 15 is 0 Å². The summed E-state index contributed by atoms with van der Waals surface area (Å²) >= 11 is 0. The van der Waals surface area contributed by atoms with Crippen molar-refractivity contribution in [3.63, 3.8) is 0 Å². The van der Waals surface area contributed by atoms with Gasteiger partial charge in [-0.2, -0.15) is 0 Å². The second-order valence-electron chi connectivity index (χ2n) is 7.09. The number of esters is 1. The predicted octanol–water partition coefficient (Wildman–Crippen LogP) is 4.01.